The van der Waals surface area contributed by atoms with Gasteiger partial charge in [0.15, 0.2) is 0 Å². The third kappa shape index (κ3) is 8.24. The van der Waals surface area contributed by atoms with Crippen LogP contribution in [0.2, 0.25) is 0 Å². The number of urea groups is 1. The molecular weight excluding hydrogens is 719 g/mol. The van der Waals surface area contributed by atoms with E-state index in [0.717, 1.165) is 50.9 Å². The van der Waals surface area contributed by atoms with Crippen molar-refractivity contribution >= 4 is 33.6 Å². The minimum Gasteiger partial charge on any atom is -0.490 e. The Kier molecular flexibility index (Phi) is 11.5. The molecule has 12 nitrogen and oxygen atoms in total. The summed E-state index contributed by atoms with van der Waals surface area (Å²) >= 11 is 0. The molecule has 2 aromatic rings. The van der Waals surface area contributed by atoms with Crippen molar-refractivity contribution in [2.75, 3.05) is 63.6 Å². The van der Waals surface area contributed by atoms with E-state index >= 15 is 0 Å². The quantitative estimate of drug-likeness (QED) is 0.341. The first-order chi connectivity index (χ1) is 26.4. The summed E-state index contributed by atoms with van der Waals surface area (Å²) in [5, 5.41) is 0. The van der Waals surface area contributed by atoms with Crippen LogP contribution >= 0.6 is 0 Å². The molecule has 0 radical (unpaired) electrons. The first-order valence-corrected chi connectivity index (χ1v) is 21.7. The largest absolute Gasteiger partial charge is 0.490 e. The molecule has 1 saturated carbocycles. The van der Waals surface area contributed by atoms with Crippen molar-refractivity contribution in [2.45, 2.75) is 83.8 Å². The number of carbonyl (C=O) groups is 3. The van der Waals surface area contributed by atoms with Crippen molar-refractivity contribution in [2.24, 2.45) is 22.1 Å². The minimum atomic E-state index is -3.57. The van der Waals surface area contributed by atoms with Gasteiger partial charge in [0.25, 0.3) is 5.91 Å². The van der Waals surface area contributed by atoms with Crippen molar-refractivity contribution < 1.29 is 32.8 Å². The molecule has 3 heterocycles. The van der Waals surface area contributed by atoms with Gasteiger partial charge in [-0.25, -0.2) is 13.8 Å². The Morgan fingerprint density at radius 1 is 1.11 bits per heavy atom. The van der Waals surface area contributed by atoms with Crippen molar-refractivity contribution in [3.8, 4) is 5.75 Å². The lowest BCUT2D eigenvalue weighted by atomic mass is 9.68. The van der Waals surface area contributed by atoms with Crippen LogP contribution in [0.25, 0.3) is 0 Å². The number of fused-ring (bicyclic) bond motifs is 4. The van der Waals surface area contributed by atoms with Gasteiger partial charge in [-0.05, 0) is 106 Å². The van der Waals surface area contributed by atoms with E-state index in [0.29, 0.717) is 43.7 Å². The van der Waals surface area contributed by atoms with E-state index in [-0.39, 0.29) is 41.8 Å². The SMILES string of the molecule is CCN(CC)C(=O)OC1CN(C(=O)NS2(=O)=NC(=O)c3ccc4c(c3)N(C[C@@H]3CC[C@H]3[C@@H](OC)/C=C/C[C@H](C)C2)C[C@@]2(CCCc3cc(C)ccc32)CO4)C1. The highest BCUT2D eigenvalue weighted by molar-refractivity contribution is 7.92. The number of aryl methyl sites for hydroxylation is 2. The number of allylic oxidation sites excluding steroid dienone is 1. The van der Waals surface area contributed by atoms with Gasteiger partial charge >= 0.3 is 12.1 Å². The molecule has 1 unspecified atom stereocenters. The summed E-state index contributed by atoms with van der Waals surface area (Å²) in [5.41, 5.74) is 4.89. The Balaban J connectivity index is 1.20. The summed E-state index contributed by atoms with van der Waals surface area (Å²) in [6.07, 6.45) is 9.11. The molecule has 2 fully saturated rings. The van der Waals surface area contributed by atoms with Gasteiger partial charge in [0.2, 0.25) is 0 Å². The third-order valence-electron chi connectivity index (χ3n) is 12.4. The molecule has 1 N–H and O–H groups in total. The molecule has 7 rings (SSSR count). The van der Waals surface area contributed by atoms with Crippen LogP contribution in [0.3, 0.4) is 0 Å². The molecule has 1 spiro atoms. The topological polar surface area (TPSA) is 130 Å². The number of rotatable bonds is 5. The summed E-state index contributed by atoms with van der Waals surface area (Å²) in [4.78, 5) is 45.4. The molecule has 2 aromatic carbocycles. The standard InChI is InChI=1S/C42H57N5O7S/c1-6-45(7-2)41(50)54-33-23-46(24-33)40(49)44-55(51)25-29(4)10-8-12-37(52-5)34-16-14-32(34)22-47-26-42(19-9-11-30-20-28(3)13-17-35(30)42)27-53-38-18-15-31(21-36(38)47)39(48)43-55/h8,12-13,15,17-18,20-21,29,32-34,37H,6-7,9-11,14,16,19,22-27H2,1-5H3,(H,43,44,48,49,51)/b12-8+/t29-,32-,34+,37-,42-,55?/m0/s1. The van der Waals surface area contributed by atoms with Gasteiger partial charge in [-0.1, -0.05) is 42.8 Å². The Hall–Kier alpha value is -4.10. The lowest BCUT2D eigenvalue weighted by Gasteiger charge is -2.46. The number of nitrogens with zero attached hydrogens (tertiary/aromatic N) is 4. The second kappa shape index (κ2) is 16.2. The van der Waals surface area contributed by atoms with Crippen LogP contribution in [0.5, 0.6) is 5.75 Å². The van der Waals surface area contributed by atoms with E-state index < -0.39 is 34.1 Å². The summed E-state index contributed by atoms with van der Waals surface area (Å²) < 4.78 is 39.8. The Bertz CT molecular complexity index is 1930. The predicted octanol–water partition coefficient (Wildman–Crippen LogP) is 6.50. The Morgan fingerprint density at radius 2 is 1.91 bits per heavy atom. The molecule has 5 aliphatic rings. The van der Waals surface area contributed by atoms with Gasteiger partial charge in [0.1, 0.15) is 21.8 Å². The molecule has 3 aliphatic heterocycles. The molecule has 2 bridgehead atoms. The first kappa shape index (κ1) is 39.1. The lowest BCUT2D eigenvalue weighted by molar-refractivity contribution is -0.00662. The lowest BCUT2D eigenvalue weighted by Crippen LogP contribution is -2.59. The number of nitrogens with one attached hydrogen (secondary N) is 1. The van der Waals surface area contributed by atoms with E-state index in [1.807, 2.05) is 32.9 Å². The molecule has 4 amide bonds. The van der Waals surface area contributed by atoms with Crippen LogP contribution in [-0.2, 0) is 31.2 Å². The molecule has 55 heavy (non-hydrogen) atoms. The average Bonchev–Trinajstić information content (AvgIpc) is 3.27. The third-order valence-corrected chi connectivity index (χ3v) is 14.4. The fourth-order valence-electron chi connectivity index (χ4n) is 9.11. The molecule has 0 aromatic heterocycles. The fraction of sp³-hybridized carbons (Fsp3) is 0.595. The van der Waals surface area contributed by atoms with E-state index in [9.17, 15) is 18.6 Å². The van der Waals surface area contributed by atoms with E-state index in [4.69, 9.17) is 14.2 Å². The van der Waals surface area contributed by atoms with Crippen LogP contribution in [0.1, 0.15) is 79.9 Å². The van der Waals surface area contributed by atoms with Gasteiger partial charge < -0.3 is 28.9 Å². The van der Waals surface area contributed by atoms with E-state index in [1.165, 1.54) is 21.6 Å². The minimum absolute atomic E-state index is 0.0195. The fourth-order valence-corrected chi connectivity index (χ4v) is 11.0. The average molecular weight is 776 g/mol. The summed E-state index contributed by atoms with van der Waals surface area (Å²) in [7, 11) is -1.80. The van der Waals surface area contributed by atoms with Gasteiger partial charge in [-0.2, -0.15) is 0 Å². The highest BCUT2D eigenvalue weighted by Crippen LogP contribution is 2.47. The van der Waals surface area contributed by atoms with E-state index in [1.54, 1.807) is 18.1 Å². The number of amides is 4. The van der Waals surface area contributed by atoms with Gasteiger partial charge in [0, 0.05) is 44.3 Å². The number of anilines is 1. The molecule has 13 heteroatoms. The second-order valence-corrected chi connectivity index (χ2v) is 18.3. The van der Waals surface area contributed by atoms with Gasteiger partial charge in [-0.15, -0.1) is 4.36 Å². The number of hydrogen-bond donors (Lipinski definition) is 1. The maximum absolute atomic E-state index is 14.6. The van der Waals surface area contributed by atoms with Gasteiger partial charge in [-0.3, -0.25) is 9.52 Å². The van der Waals surface area contributed by atoms with Crippen LogP contribution in [0, 0.1) is 24.7 Å². The van der Waals surface area contributed by atoms with Crippen molar-refractivity contribution in [3.63, 3.8) is 0 Å². The normalized spacial score (nSPS) is 29.9. The number of ether oxygens (including phenoxy) is 3. The zero-order valence-electron chi connectivity index (χ0n) is 33.0. The number of methoxy groups -OCH3 is 1. The zero-order chi connectivity index (χ0) is 38.9. The summed E-state index contributed by atoms with van der Waals surface area (Å²) in [6.45, 7) is 11.3. The molecular formula is C42H57N5O7S. The highest BCUT2D eigenvalue weighted by Gasteiger charge is 2.44. The van der Waals surface area contributed by atoms with Crippen LogP contribution < -0.4 is 14.4 Å². The highest BCUT2D eigenvalue weighted by atomic mass is 32.2. The van der Waals surface area contributed by atoms with Crippen molar-refractivity contribution in [3.05, 3.63) is 70.8 Å². The number of carbonyl (C=O) groups excluding carboxylic acids is 3. The maximum Gasteiger partial charge on any atom is 0.410 e. The van der Waals surface area contributed by atoms with Gasteiger partial charge in [0.05, 0.1) is 37.2 Å². The van der Waals surface area contributed by atoms with Crippen LogP contribution in [0.15, 0.2) is 52.9 Å². The van der Waals surface area contributed by atoms with Crippen molar-refractivity contribution in [1.29, 1.82) is 0 Å². The Labute approximate surface area is 326 Å². The van der Waals surface area contributed by atoms with E-state index in [2.05, 4.69) is 51.3 Å². The predicted molar refractivity (Wildman–Crippen MR) is 213 cm³/mol. The molecule has 2 aliphatic carbocycles. The molecule has 1 saturated heterocycles. The Morgan fingerprint density at radius 3 is 2.64 bits per heavy atom. The number of hydrogen-bond acceptors (Lipinski definition) is 8. The summed E-state index contributed by atoms with van der Waals surface area (Å²) in [5.74, 6) is 0.596. The monoisotopic (exact) mass is 775 g/mol. The van der Waals surface area contributed by atoms with Crippen molar-refractivity contribution in [1.82, 2.24) is 14.5 Å². The zero-order valence-corrected chi connectivity index (χ0v) is 33.8. The number of benzene rings is 2. The van der Waals surface area contributed by atoms with Crippen LogP contribution in [-0.4, -0.2) is 103 Å². The smallest absolute Gasteiger partial charge is 0.410 e. The first-order valence-electron chi connectivity index (χ1n) is 20.1. The number of likely N-dealkylation sites (tertiary alicyclic amines) is 1. The molecule has 298 valence electrons. The second-order valence-electron chi connectivity index (χ2n) is 16.3. The maximum atomic E-state index is 14.6. The summed E-state index contributed by atoms with van der Waals surface area (Å²) in [6, 6.07) is 11.6. The van der Waals surface area contributed by atoms with Crippen LogP contribution in [0.4, 0.5) is 15.3 Å². The molecule has 6 atom stereocenters.